The number of amides is 2. The Labute approximate surface area is 239 Å². The molecule has 0 radical (unpaired) electrons. The van der Waals surface area contributed by atoms with Crippen LogP contribution in [-0.4, -0.2) is 76.8 Å². The minimum atomic E-state index is -0.247. The Kier molecular flexibility index (Phi) is 8.70. The van der Waals surface area contributed by atoms with Gasteiger partial charge in [-0.25, -0.2) is 4.39 Å². The van der Waals surface area contributed by atoms with Crippen LogP contribution < -0.4 is 5.32 Å². The number of halogens is 1. The molecule has 2 amide bonds. The number of piperidine rings is 1. The van der Waals surface area contributed by atoms with Gasteiger partial charge in [0, 0.05) is 63.7 Å². The Morgan fingerprint density at radius 1 is 0.902 bits per heavy atom. The van der Waals surface area contributed by atoms with Gasteiger partial charge in [-0.15, -0.1) is 0 Å². The number of carbonyl (C=O) groups is 2. The third kappa shape index (κ3) is 6.97. The molecule has 3 aromatic rings. The van der Waals surface area contributed by atoms with Crippen molar-refractivity contribution in [1.82, 2.24) is 25.0 Å². The molecule has 2 fully saturated rings. The molecular formula is C32H33FN6O2. The van der Waals surface area contributed by atoms with E-state index >= 15 is 0 Å². The Morgan fingerprint density at radius 2 is 1.56 bits per heavy atom. The smallest absolute Gasteiger partial charge is 0.270 e. The molecule has 2 aromatic carbocycles. The highest BCUT2D eigenvalue weighted by Crippen LogP contribution is 2.23. The molecule has 0 unspecified atom stereocenters. The SMILES string of the molecule is C=C(c1ccc(C#N)cc1)N1CCC(NC(=O)c2ccc(C(=O)N3CCN(Cc4ccc(F)cc4)CC3)cn2)CC1. The first-order valence-corrected chi connectivity index (χ1v) is 13.9. The van der Waals surface area contributed by atoms with Crippen molar-refractivity contribution >= 4 is 17.5 Å². The van der Waals surface area contributed by atoms with Crippen LogP contribution in [0.15, 0.2) is 73.4 Å². The van der Waals surface area contributed by atoms with Crippen molar-refractivity contribution in [2.75, 3.05) is 39.3 Å². The van der Waals surface area contributed by atoms with E-state index in [0.29, 0.717) is 24.2 Å². The van der Waals surface area contributed by atoms with E-state index in [-0.39, 0.29) is 29.4 Å². The number of nitrogens with zero attached hydrogens (tertiary/aromatic N) is 5. The number of nitrogens with one attached hydrogen (secondary N) is 1. The molecule has 0 aliphatic carbocycles. The van der Waals surface area contributed by atoms with Crippen LogP contribution in [0.25, 0.3) is 5.70 Å². The fraction of sp³-hybridized carbons (Fsp3) is 0.312. The summed E-state index contributed by atoms with van der Waals surface area (Å²) < 4.78 is 13.1. The predicted octanol–water partition coefficient (Wildman–Crippen LogP) is 3.92. The van der Waals surface area contributed by atoms with Crippen LogP contribution in [0.1, 0.15) is 50.4 Å². The van der Waals surface area contributed by atoms with Crippen LogP contribution in [0.2, 0.25) is 0 Å². The summed E-state index contributed by atoms with van der Waals surface area (Å²) in [6, 6.07) is 19.3. The molecule has 5 rings (SSSR count). The predicted molar refractivity (Wildman–Crippen MR) is 154 cm³/mol. The number of benzene rings is 2. The second kappa shape index (κ2) is 12.7. The molecule has 2 aliphatic heterocycles. The van der Waals surface area contributed by atoms with Gasteiger partial charge in [0.25, 0.3) is 11.8 Å². The Bertz CT molecular complexity index is 1420. The van der Waals surface area contributed by atoms with Crippen molar-refractivity contribution in [3.05, 3.63) is 107 Å². The molecule has 2 aliphatic rings. The van der Waals surface area contributed by atoms with E-state index in [9.17, 15) is 14.0 Å². The van der Waals surface area contributed by atoms with Gasteiger partial charge in [-0.2, -0.15) is 5.26 Å². The quantitative estimate of drug-likeness (QED) is 0.478. The standard InChI is InChI=1S/C32H33FN6O2/c1-23(26-6-2-24(20-34)3-7-26)38-14-12-29(13-15-38)36-31(40)30-11-8-27(21-35-30)32(41)39-18-16-37(17-19-39)22-25-4-9-28(33)10-5-25/h2-11,21,29H,1,12-19,22H2,(H,36,40). The average molecular weight is 553 g/mol. The van der Waals surface area contributed by atoms with Gasteiger partial charge in [0.2, 0.25) is 0 Å². The van der Waals surface area contributed by atoms with Gasteiger partial charge >= 0.3 is 0 Å². The molecule has 2 saturated heterocycles. The summed E-state index contributed by atoms with van der Waals surface area (Å²) in [7, 11) is 0. The van der Waals surface area contributed by atoms with E-state index in [4.69, 9.17) is 5.26 Å². The molecule has 0 spiro atoms. The van der Waals surface area contributed by atoms with Crippen molar-refractivity contribution in [3.63, 3.8) is 0 Å². The van der Waals surface area contributed by atoms with E-state index in [1.807, 2.05) is 12.1 Å². The van der Waals surface area contributed by atoms with Crippen LogP contribution in [0.4, 0.5) is 4.39 Å². The van der Waals surface area contributed by atoms with Crippen LogP contribution in [0, 0.1) is 17.1 Å². The van der Waals surface area contributed by atoms with Crippen LogP contribution in [-0.2, 0) is 6.54 Å². The van der Waals surface area contributed by atoms with Gasteiger partial charge in [-0.05, 0) is 60.4 Å². The highest BCUT2D eigenvalue weighted by molar-refractivity contribution is 5.96. The topological polar surface area (TPSA) is 92.6 Å². The molecule has 9 heteroatoms. The fourth-order valence-electron chi connectivity index (χ4n) is 5.27. The van der Waals surface area contributed by atoms with Crippen molar-refractivity contribution in [2.45, 2.75) is 25.4 Å². The molecule has 0 saturated carbocycles. The monoisotopic (exact) mass is 552 g/mol. The van der Waals surface area contributed by atoms with E-state index in [0.717, 1.165) is 62.4 Å². The second-order valence-corrected chi connectivity index (χ2v) is 10.5. The summed E-state index contributed by atoms with van der Waals surface area (Å²) in [6.45, 7) is 9.13. The van der Waals surface area contributed by atoms with Gasteiger partial charge in [0.1, 0.15) is 11.5 Å². The molecule has 8 nitrogen and oxygen atoms in total. The Morgan fingerprint density at radius 3 is 2.17 bits per heavy atom. The highest BCUT2D eigenvalue weighted by Gasteiger charge is 2.25. The summed E-state index contributed by atoms with van der Waals surface area (Å²) in [5.41, 5.74) is 4.31. The molecular weight excluding hydrogens is 519 g/mol. The average Bonchev–Trinajstić information content (AvgIpc) is 3.02. The Balaban J connectivity index is 1.07. The zero-order valence-electron chi connectivity index (χ0n) is 22.9. The zero-order valence-corrected chi connectivity index (χ0v) is 22.9. The largest absolute Gasteiger partial charge is 0.371 e. The summed E-state index contributed by atoms with van der Waals surface area (Å²) in [6.07, 6.45) is 3.04. The number of likely N-dealkylation sites (tertiary alicyclic amines) is 1. The lowest BCUT2D eigenvalue weighted by atomic mass is 10.0. The third-order valence-electron chi connectivity index (χ3n) is 7.78. The third-order valence-corrected chi connectivity index (χ3v) is 7.78. The lowest BCUT2D eigenvalue weighted by Crippen LogP contribution is -2.48. The number of nitriles is 1. The number of hydrogen-bond acceptors (Lipinski definition) is 6. The van der Waals surface area contributed by atoms with E-state index in [1.54, 1.807) is 41.3 Å². The lowest BCUT2D eigenvalue weighted by molar-refractivity contribution is 0.0627. The van der Waals surface area contributed by atoms with Crippen molar-refractivity contribution < 1.29 is 14.0 Å². The van der Waals surface area contributed by atoms with Crippen LogP contribution in [0.3, 0.4) is 0 Å². The van der Waals surface area contributed by atoms with E-state index in [1.165, 1.54) is 18.3 Å². The van der Waals surface area contributed by atoms with E-state index < -0.39 is 0 Å². The van der Waals surface area contributed by atoms with Gasteiger partial charge in [0.15, 0.2) is 0 Å². The molecule has 0 bridgehead atoms. The minimum Gasteiger partial charge on any atom is -0.371 e. The van der Waals surface area contributed by atoms with Crippen molar-refractivity contribution in [1.29, 1.82) is 5.26 Å². The highest BCUT2D eigenvalue weighted by atomic mass is 19.1. The molecule has 210 valence electrons. The molecule has 0 atom stereocenters. The van der Waals surface area contributed by atoms with Gasteiger partial charge in [-0.1, -0.05) is 30.8 Å². The minimum absolute atomic E-state index is 0.0295. The first-order chi connectivity index (χ1) is 19.9. The van der Waals surface area contributed by atoms with Crippen LogP contribution in [0.5, 0.6) is 0 Å². The maximum atomic E-state index is 13.1. The lowest BCUT2D eigenvalue weighted by Gasteiger charge is -2.35. The van der Waals surface area contributed by atoms with Crippen molar-refractivity contribution in [2.24, 2.45) is 0 Å². The van der Waals surface area contributed by atoms with Crippen LogP contribution >= 0.6 is 0 Å². The van der Waals surface area contributed by atoms with Gasteiger partial charge < -0.3 is 15.1 Å². The van der Waals surface area contributed by atoms with Crippen molar-refractivity contribution in [3.8, 4) is 6.07 Å². The van der Waals surface area contributed by atoms with E-state index in [2.05, 4.69) is 32.7 Å². The number of piperazine rings is 1. The number of hydrogen-bond donors (Lipinski definition) is 1. The van der Waals surface area contributed by atoms with Gasteiger partial charge in [-0.3, -0.25) is 19.5 Å². The maximum Gasteiger partial charge on any atom is 0.270 e. The molecule has 3 heterocycles. The molecule has 41 heavy (non-hydrogen) atoms. The second-order valence-electron chi connectivity index (χ2n) is 10.5. The number of aromatic nitrogens is 1. The zero-order chi connectivity index (χ0) is 28.8. The number of pyridine rings is 1. The first kappa shape index (κ1) is 28.0. The summed E-state index contributed by atoms with van der Waals surface area (Å²) in [5, 5.41) is 12.1. The fourth-order valence-corrected chi connectivity index (χ4v) is 5.27. The summed E-state index contributed by atoms with van der Waals surface area (Å²) in [5.74, 6) is -0.589. The Hall–Kier alpha value is -4.55. The number of carbonyl (C=O) groups excluding carboxylic acids is 2. The molecule has 1 N–H and O–H groups in total. The van der Waals surface area contributed by atoms with Gasteiger partial charge in [0.05, 0.1) is 17.2 Å². The summed E-state index contributed by atoms with van der Waals surface area (Å²) >= 11 is 0. The normalized spacial score (nSPS) is 16.2. The maximum absolute atomic E-state index is 13.1. The molecule has 1 aromatic heterocycles. The first-order valence-electron chi connectivity index (χ1n) is 13.9. The number of rotatable bonds is 7. The summed E-state index contributed by atoms with van der Waals surface area (Å²) in [4.78, 5) is 36.4.